The molecule has 1 aromatic heterocycles. The molecule has 1 aliphatic rings. The van der Waals surface area contributed by atoms with Crippen LogP contribution in [0.2, 0.25) is 0 Å². The Morgan fingerprint density at radius 3 is 2.40 bits per heavy atom. The van der Waals surface area contributed by atoms with Crippen molar-refractivity contribution < 1.29 is 9.90 Å². The van der Waals surface area contributed by atoms with Crippen molar-refractivity contribution in [2.45, 2.75) is 44.9 Å². The number of carboxylic acid groups (broad SMARTS) is 1. The number of hydrogen-bond donors (Lipinski definition) is 2. The molecule has 2 rings (SSSR count). The first-order valence-corrected chi connectivity index (χ1v) is 5.46. The van der Waals surface area contributed by atoms with Crippen molar-refractivity contribution in [3.63, 3.8) is 0 Å². The highest BCUT2D eigenvalue weighted by Crippen LogP contribution is 2.42. The van der Waals surface area contributed by atoms with Gasteiger partial charge in [-0.05, 0) is 38.3 Å². The molecule has 1 fully saturated rings. The van der Waals surface area contributed by atoms with E-state index >= 15 is 0 Å². The van der Waals surface area contributed by atoms with Crippen LogP contribution in [0.4, 0.5) is 0 Å². The molecule has 1 aliphatic carbocycles. The summed E-state index contributed by atoms with van der Waals surface area (Å²) in [4.78, 5) is 14.7. The molecule has 0 amide bonds. The molecular weight excluding hydrogens is 190 g/mol. The Balaban J connectivity index is 2.49. The van der Waals surface area contributed by atoms with Gasteiger partial charge in [0.15, 0.2) is 0 Å². The van der Waals surface area contributed by atoms with Gasteiger partial charge in [0.05, 0.1) is 5.41 Å². The van der Waals surface area contributed by atoms with Gasteiger partial charge in [-0.25, -0.2) is 0 Å². The van der Waals surface area contributed by atoms with Crippen LogP contribution in [0.15, 0.2) is 6.07 Å². The number of carboxylic acids is 1. The molecule has 0 aliphatic heterocycles. The zero-order chi connectivity index (χ0) is 11.1. The molecule has 0 radical (unpaired) electrons. The first-order chi connectivity index (χ1) is 7.06. The molecule has 82 valence electrons. The fraction of sp³-hybridized carbons (Fsp3) is 0.583. The summed E-state index contributed by atoms with van der Waals surface area (Å²) in [6.45, 7) is 3.94. The maximum atomic E-state index is 11.5. The van der Waals surface area contributed by atoms with Crippen molar-refractivity contribution in [3.05, 3.63) is 23.0 Å². The second-order valence-electron chi connectivity index (χ2n) is 4.59. The molecule has 0 atom stereocenters. The molecule has 1 heterocycles. The van der Waals surface area contributed by atoms with E-state index in [4.69, 9.17) is 0 Å². The molecule has 0 spiro atoms. The number of aromatic amines is 1. The Hall–Kier alpha value is -1.25. The van der Waals surface area contributed by atoms with Crippen LogP contribution < -0.4 is 0 Å². The van der Waals surface area contributed by atoms with Crippen LogP contribution in [0, 0.1) is 13.8 Å². The van der Waals surface area contributed by atoms with E-state index in [1.807, 2.05) is 19.9 Å². The largest absolute Gasteiger partial charge is 0.481 e. The van der Waals surface area contributed by atoms with Gasteiger partial charge in [-0.3, -0.25) is 4.79 Å². The first-order valence-electron chi connectivity index (χ1n) is 5.46. The van der Waals surface area contributed by atoms with Gasteiger partial charge in [-0.1, -0.05) is 12.8 Å². The topological polar surface area (TPSA) is 53.1 Å². The van der Waals surface area contributed by atoms with Gasteiger partial charge in [0, 0.05) is 11.4 Å². The zero-order valence-corrected chi connectivity index (χ0v) is 9.26. The van der Waals surface area contributed by atoms with Crippen LogP contribution in [0.5, 0.6) is 0 Å². The molecule has 1 aromatic rings. The summed E-state index contributed by atoms with van der Waals surface area (Å²) in [7, 11) is 0. The second-order valence-corrected chi connectivity index (χ2v) is 4.59. The summed E-state index contributed by atoms with van der Waals surface area (Å²) in [6, 6.07) is 1.99. The van der Waals surface area contributed by atoms with E-state index in [2.05, 4.69) is 4.98 Å². The SMILES string of the molecule is Cc1cc(C2(C(=O)O)CCCC2)c(C)[nH]1. The normalized spacial score (nSPS) is 19.3. The first kappa shape index (κ1) is 10.3. The minimum absolute atomic E-state index is 0.616. The average molecular weight is 207 g/mol. The molecule has 0 saturated heterocycles. The van der Waals surface area contributed by atoms with E-state index in [9.17, 15) is 9.90 Å². The number of aromatic nitrogens is 1. The lowest BCUT2D eigenvalue weighted by molar-refractivity contribution is -0.143. The molecule has 15 heavy (non-hydrogen) atoms. The molecule has 0 unspecified atom stereocenters. The van der Waals surface area contributed by atoms with Crippen LogP contribution in [-0.2, 0) is 10.2 Å². The van der Waals surface area contributed by atoms with Crippen molar-refractivity contribution in [2.24, 2.45) is 0 Å². The Morgan fingerprint density at radius 2 is 2.00 bits per heavy atom. The number of rotatable bonds is 2. The monoisotopic (exact) mass is 207 g/mol. The second kappa shape index (κ2) is 3.40. The number of nitrogens with one attached hydrogen (secondary N) is 1. The Labute approximate surface area is 89.5 Å². The maximum absolute atomic E-state index is 11.5. The molecule has 3 heteroatoms. The van der Waals surface area contributed by atoms with Gasteiger partial charge in [-0.2, -0.15) is 0 Å². The van der Waals surface area contributed by atoms with Crippen LogP contribution in [-0.4, -0.2) is 16.1 Å². The van der Waals surface area contributed by atoms with E-state index in [0.717, 1.165) is 42.6 Å². The summed E-state index contributed by atoms with van der Waals surface area (Å²) >= 11 is 0. The number of hydrogen-bond acceptors (Lipinski definition) is 1. The molecule has 2 N–H and O–H groups in total. The standard InChI is InChI=1S/C12H17NO2/c1-8-7-10(9(2)13-8)12(11(14)15)5-3-4-6-12/h7,13H,3-6H2,1-2H3,(H,14,15). The quantitative estimate of drug-likeness (QED) is 0.783. The number of aryl methyl sites for hydroxylation is 2. The lowest BCUT2D eigenvalue weighted by Crippen LogP contribution is -2.32. The van der Waals surface area contributed by atoms with Gasteiger partial charge < -0.3 is 10.1 Å². The summed E-state index contributed by atoms with van der Waals surface area (Å²) in [6.07, 6.45) is 3.60. The minimum Gasteiger partial charge on any atom is -0.481 e. The van der Waals surface area contributed by atoms with Crippen molar-refractivity contribution in [1.82, 2.24) is 4.98 Å². The molecular formula is C12H17NO2. The lowest BCUT2D eigenvalue weighted by atomic mass is 9.79. The highest BCUT2D eigenvalue weighted by Gasteiger charge is 2.44. The van der Waals surface area contributed by atoms with E-state index in [-0.39, 0.29) is 0 Å². The van der Waals surface area contributed by atoms with Crippen LogP contribution >= 0.6 is 0 Å². The van der Waals surface area contributed by atoms with Crippen molar-refractivity contribution >= 4 is 5.97 Å². The van der Waals surface area contributed by atoms with Crippen LogP contribution in [0.25, 0.3) is 0 Å². The fourth-order valence-electron chi connectivity index (χ4n) is 2.80. The fourth-order valence-corrected chi connectivity index (χ4v) is 2.80. The molecule has 0 aromatic carbocycles. The minimum atomic E-state index is -0.665. The maximum Gasteiger partial charge on any atom is 0.314 e. The summed E-state index contributed by atoms with van der Waals surface area (Å²) in [5, 5.41) is 9.44. The predicted octanol–water partition coefficient (Wildman–Crippen LogP) is 2.53. The van der Waals surface area contributed by atoms with Crippen molar-refractivity contribution in [3.8, 4) is 0 Å². The predicted molar refractivity (Wildman–Crippen MR) is 58.0 cm³/mol. The van der Waals surface area contributed by atoms with Crippen molar-refractivity contribution in [1.29, 1.82) is 0 Å². The van der Waals surface area contributed by atoms with Gasteiger partial charge >= 0.3 is 5.97 Å². The summed E-state index contributed by atoms with van der Waals surface area (Å²) in [5.74, 6) is -0.665. The molecule has 1 saturated carbocycles. The van der Waals surface area contributed by atoms with E-state index < -0.39 is 11.4 Å². The van der Waals surface area contributed by atoms with Crippen LogP contribution in [0.3, 0.4) is 0 Å². The molecule has 0 bridgehead atoms. The van der Waals surface area contributed by atoms with Gasteiger partial charge in [-0.15, -0.1) is 0 Å². The zero-order valence-electron chi connectivity index (χ0n) is 9.26. The third kappa shape index (κ3) is 1.46. The number of H-pyrrole nitrogens is 1. The number of aliphatic carboxylic acids is 1. The van der Waals surface area contributed by atoms with Gasteiger partial charge in [0.1, 0.15) is 0 Å². The van der Waals surface area contributed by atoms with E-state index in [0.29, 0.717) is 0 Å². The van der Waals surface area contributed by atoms with Gasteiger partial charge in [0.2, 0.25) is 0 Å². The van der Waals surface area contributed by atoms with E-state index in [1.165, 1.54) is 0 Å². The van der Waals surface area contributed by atoms with Crippen LogP contribution in [0.1, 0.15) is 42.6 Å². The third-order valence-corrected chi connectivity index (χ3v) is 3.53. The average Bonchev–Trinajstić information content (AvgIpc) is 2.72. The number of carbonyl (C=O) groups is 1. The Kier molecular flexibility index (Phi) is 2.33. The Morgan fingerprint density at radius 1 is 1.40 bits per heavy atom. The van der Waals surface area contributed by atoms with Crippen molar-refractivity contribution in [2.75, 3.05) is 0 Å². The highest BCUT2D eigenvalue weighted by molar-refractivity contribution is 5.82. The Bertz CT molecular complexity index is 386. The molecule has 3 nitrogen and oxygen atoms in total. The highest BCUT2D eigenvalue weighted by atomic mass is 16.4. The third-order valence-electron chi connectivity index (χ3n) is 3.53. The summed E-state index contributed by atoms with van der Waals surface area (Å²) in [5.41, 5.74) is 2.44. The lowest BCUT2D eigenvalue weighted by Gasteiger charge is -2.23. The smallest absolute Gasteiger partial charge is 0.314 e. The van der Waals surface area contributed by atoms with E-state index in [1.54, 1.807) is 0 Å². The summed E-state index contributed by atoms with van der Waals surface area (Å²) < 4.78 is 0. The van der Waals surface area contributed by atoms with Gasteiger partial charge in [0.25, 0.3) is 0 Å².